The molecule has 1 saturated heterocycles. The lowest BCUT2D eigenvalue weighted by Crippen LogP contribution is -2.45. The molecule has 22 heavy (non-hydrogen) atoms. The molecule has 0 spiro atoms. The average Bonchev–Trinajstić information content (AvgIpc) is 2.48. The first-order chi connectivity index (χ1) is 10.5. The number of hydrogen-bond acceptors (Lipinski definition) is 5. The highest BCUT2D eigenvalue weighted by molar-refractivity contribution is 5.85. The zero-order valence-corrected chi connectivity index (χ0v) is 12.3. The SMILES string of the molecule is CN1CCN(c2nc(CC(=O)O)c3cc(F)ccc3n2)CC1. The van der Waals surface area contributed by atoms with Gasteiger partial charge in [0.2, 0.25) is 5.95 Å². The van der Waals surface area contributed by atoms with E-state index in [1.807, 2.05) is 4.90 Å². The molecule has 6 nitrogen and oxygen atoms in total. The molecule has 1 fully saturated rings. The topological polar surface area (TPSA) is 69.6 Å². The van der Waals surface area contributed by atoms with Gasteiger partial charge < -0.3 is 14.9 Å². The van der Waals surface area contributed by atoms with Crippen LogP contribution in [0.3, 0.4) is 0 Å². The molecule has 1 aromatic heterocycles. The fourth-order valence-corrected chi connectivity index (χ4v) is 2.58. The number of benzene rings is 1. The van der Waals surface area contributed by atoms with E-state index in [4.69, 9.17) is 5.11 Å². The molecule has 0 bridgehead atoms. The van der Waals surface area contributed by atoms with E-state index >= 15 is 0 Å². The smallest absolute Gasteiger partial charge is 0.309 e. The first-order valence-electron chi connectivity index (χ1n) is 7.14. The first-order valence-corrected chi connectivity index (χ1v) is 7.14. The third kappa shape index (κ3) is 2.99. The van der Waals surface area contributed by atoms with Crippen LogP contribution in [-0.4, -0.2) is 59.2 Å². The molecule has 1 aromatic carbocycles. The Morgan fingerprint density at radius 2 is 2.00 bits per heavy atom. The number of anilines is 1. The molecule has 0 unspecified atom stereocenters. The van der Waals surface area contributed by atoms with Crippen LogP contribution in [0.1, 0.15) is 5.69 Å². The number of hydrogen-bond donors (Lipinski definition) is 1. The predicted molar refractivity (Wildman–Crippen MR) is 80.5 cm³/mol. The molecular weight excluding hydrogens is 287 g/mol. The Bertz CT molecular complexity index is 714. The third-order valence-corrected chi connectivity index (χ3v) is 3.83. The number of carboxylic acid groups (broad SMARTS) is 1. The molecule has 0 amide bonds. The molecule has 1 aliphatic rings. The summed E-state index contributed by atoms with van der Waals surface area (Å²) in [5.41, 5.74) is 0.924. The van der Waals surface area contributed by atoms with Crippen LogP contribution in [0.4, 0.5) is 10.3 Å². The summed E-state index contributed by atoms with van der Waals surface area (Å²) in [7, 11) is 2.05. The summed E-state index contributed by atoms with van der Waals surface area (Å²) in [6.45, 7) is 3.38. The number of aromatic nitrogens is 2. The van der Waals surface area contributed by atoms with Crippen LogP contribution in [0.25, 0.3) is 10.9 Å². The highest BCUT2D eigenvalue weighted by Gasteiger charge is 2.19. The Hall–Kier alpha value is -2.28. The zero-order valence-electron chi connectivity index (χ0n) is 12.3. The van der Waals surface area contributed by atoms with Crippen LogP contribution in [0.15, 0.2) is 18.2 Å². The Morgan fingerprint density at radius 1 is 1.27 bits per heavy atom. The maximum atomic E-state index is 13.4. The number of carbonyl (C=O) groups is 1. The molecular formula is C15H17FN4O2. The van der Waals surface area contributed by atoms with Gasteiger partial charge >= 0.3 is 5.97 Å². The Balaban J connectivity index is 2.04. The number of piperazine rings is 1. The van der Waals surface area contributed by atoms with Crippen molar-refractivity contribution in [3.63, 3.8) is 0 Å². The van der Waals surface area contributed by atoms with Gasteiger partial charge in [0, 0.05) is 31.6 Å². The number of rotatable bonds is 3. The van der Waals surface area contributed by atoms with E-state index in [2.05, 4.69) is 21.9 Å². The van der Waals surface area contributed by atoms with Gasteiger partial charge in [-0.15, -0.1) is 0 Å². The van der Waals surface area contributed by atoms with Crippen molar-refractivity contribution in [2.75, 3.05) is 38.1 Å². The maximum absolute atomic E-state index is 13.4. The standard InChI is InChI=1S/C15H17FN4O2/c1-19-4-6-20(7-5-19)15-17-12-3-2-10(16)8-11(12)13(18-15)9-14(21)22/h2-3,8H,4-7,9H2,1H3,(H,21,22). The van der Waals surface area contributed by atoms with Crippen molar-refractivity contribution in [2.24, 2.45) is 0 Å². The summed E-state index contributed by atoms with van der Waals surface area (Å²) in [4.78, 5) is 24.2. The summed E-state index contributed by atoms with van der Waals surface area (Å²) >= 11 is 0. The van der Waals surface area contributed by atoms with E-state index in [-0.39, 0.29) is 6.42 Å². The summed E-state index contributed by atoms with van der Waals surface area (Å²) in [5, 5.41) is 9.52. The van der Waals surface area contributed by atoms with E-state index < -0.39 is 11.8 Å². The number of likely N-dealkylation sites (N-methyl/N-ethyl adjacent to an activating group) is 1. The second-order valence-corrected chi connectivity index (χ2v) is 5.49. The molecule has 1 aliphatic heterocycles. The summed E-state index contributed by atoms with van der Waals surface area (Å²) in [5.74, 6) is -0.896. The monoisotopic (exact) mass is 304 g/mol. The van der Waals surface area contributed by atoms with Crippen LogP contribution in [0.2, 0.25) is 0 Å². The molecule has 0 radical (unpaired) electrons. The molecule has 1 N–H and O–H groups in total. The molecule has 3 rings (SSSR count). The minimum Gasteiger partial charge on any atom is -0.481 e. The van der Waals surface area contributed by atoms with Gasteiger partial charge in [0.1, 0.15) is 5.82 Å². The van der Waals surface area contributed by atoms with Gasteiger partial charge in [0.05, 0.1) is 17.6 Å². The highest BCUT2D eigenvalue weighted by atomic mass is 19.1. The Kier molecular flexibility index (Phi) is 3.89. The van der Waals surface area contributed by atoms with Crippen molar-refractivity contribution >= 4 is 22.8 Å². The normalized spacial score (nSPS) is 16.2. The van der Waals surface area contributed by atoms with Gasteiger partial charge in [-0.1, -0.05) is 0 Å². The number of fused-ring (bicyclic) bond motifs is 1. The van der Waals surface area contributed by atoms with Gasteiger partial charge in [-0.05, 0) is 25.2 Å². The molecule has 7 heteroatoms. The second-order valence-electron chi connectivity index (χ2n) is 5.49. The second kappa shape index (κ2) is 5.84. The van der Waals surface area contributed by atoms with Gasteiger partial charge in [-0.2, -0.15) is 0 Å². The van der Waals surface area contributed by atoms with Crippen LogP contribution < -0.4 is 4.90 Å². The van der Waals surface area contributed by atoms with Crippen LogP contribution >= 0.6 is 0 Å². The highest BCUT2D eigenvalue weighted by Crippen LogP contribution is 2.22. The van der Waals surface area contributed by atoms with Gasteiger partial charge in [-0.25, -0.2) is 14.4 Å². The van der Waals surface area contributed by atoms with Crippen molar-refractivity contribution in [2.45, 2.75) is 6.42 Å². The fraction of sp³-hybridized carbons (Fsp3) is 0.400. The van der Waals surface area contributed by atoms with E-state index in [9.17, 15) is 9.18 Å². The molecule has 2 aromatic rings. The lowest BCUT2D eigenvalue weighted by Gasteiger charge is -2.32. The quantitative estimate of drug-likeness (QED) is 0.917. The molecule has 2 heterocycles. The third-order valence-electron chi connectivity index (χ3n) is 3.83. The zero-order chi connectivity index (χ0) is 15.7. The van der Waals surface area contributed by atoms with Gasteiger partial charge in [-0.3, -0.25) is 4.79 Å². The van der Waals surface area contributed by atoms with E-state index in [1.165, 1.54) is 12.1 Å². The summed E-state index contributed by atoms with van der Waals surface area (Å²) in [6, 6.07) is 4.19. The van der Waals surface area contributed by atoms with Gasteiger partial charge in [0.15, 0.2) is 0 Å². The summed E-state index contributed by atoms with van der Waals surface area (Å²) in [6.07, 6.45) is -0.247. The van der Waals surface area contributed by atoms with Crippen molar-refractivity contribution in [3.8, 4) is 0 Å². The first kappa shape index (κ1) is 14.6. The fourth-order valence-electron chi connectivity index (χ4n) is 2.58. The largest absolute Gasteiger partial charge is 0.481 e. The van der Waals surface area contributed by atoms with Gasteiger partial charge in [0.25, 0.3) is 0 Å². The predicted octanol–water partition coefficient (Wildman–Crippen LogP) is 1.15. The van der Waals surface area contributed by atoms with Crippen LogP contribution in [-0.2, 0) is 11.2 Å². The molecule has 0 aliphatic carbocycles. The number of halogens is 1. The lowest BCUT2D eigenvalue weighted by molar-refractivity contribution is -0.136. The minimum absolute atomic E-state index is 0.247. The number of nitrogens with zero attached hydrogens (tertiary/aromatic N) is 4. The van der Waals surface area contributed by atoms with E-state index in [1.54, 1.807) is 6.07 Å². The van der Waals surface area contributed by atoms with Crippen molar-refractivity contribution in [3.05, 3.63) is 29.7 Å². The number of aliphatic carboxylic acids is 1. The van der Waals surface area contributed by atoms with Crippen molar-refractivity contribution < 1.29 is 14.3 Å². The summed E-state index contributed by atoms with van der Waals surface area (Å²) < 4.78 is 13.4. The van der Waals surface area contributed by atoms with Crippen molar-refractivity contribution in [1.29, 1.82) is 0 Å². The van der Waals surface area contributed by atoms with E-state index in [0.29, 0.717) is 22.5 Å². The maximum Gasteiger partial charge on any atom is 0.309 e. The Morgan fingerprint density at radius 3 is 2.68 bits per heavy atom. The average molecular weight is 304 g/mol. The van der Waals surface area contributed by atoms with Crippen molar-refractivity contribution in [1.82, 2.24) is 14.9 Å². The minimum atomic E-state index is -0.992. The Labute approximate surface area is 127 Å². The van der Waals surface area contributed by atoms with E-state index in [0.717, 1.165) is 26.2 Å². The van der Waals surface area contributed by atoms with Crippen LogP contribution in [0, 0.1) is 5.82 Å². The molecule has 0 saturated carbocycles. The lowest BCUT2D eigenvalue weighted by atomic mass is 10.1. The molecule has 116 valence electrons. The number of carboxylic acids is 1. The molecule has 0 atom stereocenters. The van der Waals surface area contributed by atoms with Crippen LogP contribution in [0.5, 0.6) is 0 Å².